The van der Waals surface area contributed by atoms with Gasteiger partial charge in [0.15, 0.2) is 0 Å². The van der Waals surface area contributed by atoms with Crippen LogP contribution in [-0.2, 0) is 4.74 Å². The Labute approximate surface area is 171 Å². The van der Waals surface area contributed by atoms with Gasteiger partial charge in [0.1, 0.15) is 5.69 Å². The average molecular weight is 396 g/mol. The zero-order valence-corrected chi connectivity index (χ0v) is 16.9. The summed E-state index contributed by atoms with van der Waals surface area (Å²) in [5.41, 5.74) is 2.42. The Hall–Kier alpha value is -2.77. The summed E-state index contributed by atoms with van der Waals surface area (Å²) in [6, 6.07) is 13.2. The van der Waals surface area contributed by atoms with Gasteiger partial charge in [-0.3, -0.25) is 9.59 Å². The third-order valence-electron chi connectivity index (χ3n) is 5.07. The molecule has 0 saturated carbocycles. The summed E-state index contributed by atoms with van der Waals surface area (Å²) < 4.78 is 5.65. The molecule has 7 nitrogen and oxygen atoms in total. The van der Waals surface area contributed by atoms with Gasteiger partial charge in [-0.25, -0.2) is 4.98 Å². The van der Waals surface area contributed by atoms with E-state index in [0.717, 1.165) is 25.1 Å². The van der Waals surface area contributed by atoms with Gasteiger partial charge in [0, 0.05) is 43.9 Å². The van der Waals surface area contributed by atoms with Crippen LogP contribution in [0.25, 0.3) is 0 Å². The molecular weight excluding hydrogens is 368 g/mol. The van der Waals surface area contributed by atoms with Gasteiger partial charge >= 0.3 is 0 Å². The second kappa shape index (κ2) is 10.1. The van der Waals surface area contributed by atoms with E-state index >= 15 is 0 Å². The third kappa shape index (κ3) is 5.62. The molecule has 0 aliphatic carbocycles. The largest absolute Gasteiger partial charge is 0.376 e. The van der Waals surface area contributed by atoms with E-state index in [4.69, 9.17) is 4.74 Å². The fourth-order valence-electron chi connectivity index (χ4n) is 3.32. The van der Waals surface area contributed by atoms with Crippen molar-refractivity contribution in [3.63, 3.8) is 0 Å². The smallest absolute Gasteiger partial charge is 0.269 e. The van der Waals surface area contributed by atoms with Crippen molar-refractivity contribution in [1.29, 1.82) is 0 Å². The van der Waals surface area contributed by atoms with Gasteiger partial charge in [-0.05, 0) is 24.1 Å². The van der Waals surface area contributed by atoms with E-state index in [9.17, 15) is 9.59 Å². The summed E-state index contributed by atoms with van der Waals surface area (Å²) in [7, 11) is 1.55. The van der Waals surface area contributed by atoms with Crippen LogP contribution in [0.4, 0.5) is 0 Å². The van der Waals surface area contributed by atoms with Crippen LogP contribution < -0.4 is 16.0 Å². The van der Waals surface area contributed by atoms with Crippen LogP contribution in [-0.4, -0.2) is 56.2 Å². The Morgan fingerprint density at radius 2 is 2.03 bits per heavy atom. The minimum Gasteiger partial charge on any atom is -0.376 e. The highest BCUT2D eigenvalue weighted by molar-refractivity contribution is 5.98. The second-order valence-corrected chi connectivity index (χ2v) is 7.12. The van der Waals surface area contributed by atoms with Crippen LogP contribution in [0.5, 0.6) is 0 Å². The first-order valence-corrected chi connectivity index (χ1v) is 9.98. The van der Waals surface area contributed by atoms with Gasteiger partial charge in [0.25, 0.3) is 11.8 Å². The van der Waals surface area contributed by atoms with Crippen molar-refractivity contribution in [1.82, 2.24) is 20.9 Å². The number of nitrogens with one attached hydrogen (secondary N) is 3. The van der Waals surface area contributed by atoms with Gasteiger partial charge in [0.05, 0.1) is 12.7 Å². The number of nitrogens with zero attached hydrogens (tertiary/aromatic N) is 1. The summed E-state index contributed by atoms with van der Waals surface area (Å²) in [5, 5.41) is 8.79. The number of hydrogen-bond acceptors (Lipinski definition) is 5. The lowest BCUT2D eigenvalue weighted by molar-refractivity contribution is 0.0239. The van der Waals surface area contributed by atoms with Crippen molar-refractivity contribution in [2.24, 2.45) is 0 Å². The lowest BCUT2D eigenvalue weighted by atomic mass is 9.96. The Kier molecular flexibility index (Phi) is 7.32. The minimum absolute atomic E-state index is 0.0472. The third-order valence-corrected chi connectivity index (χ3v) is 5.07. The second-order valence-electron chi connectivity index (χ2n) is 7.12. The SMILES string of the molecule is CNC(=O)c1cc(C(=O)NCCC2CNCCO2)cc(C(C)c2ccccc2)n1. The maximum Gasteiger partial charge on any atom is 0.269 e. The first-order chi connectivity index (χ1) is 14.1. The summed E-state index contributed by atoms with van der Waals surface area (Å²) >= 11 is 0. The van der Waals surface area contributed by atoms with Crippen molar-refractivity contribution >= 4 is 11.8 Å². The van der Waals surface area contributed by atoms with E-state index in [1.807, 2.05) is 37.3 Å². The molecule has 29 heavy (non-hydrogen) atoms. The number of hydrogen-bond donors (Lipinski definition) is 3. The van der Waals surface area contributed by atoms with Gasteiger partial charge in [-0.1, -0.05) is 37.3 Å². The molecule has 2 aromatic rings. The average Bonchev–Trinajstić information content (AvgIpc) is 2.79. The molecule has 3 rings (SSSR count). The fourth-order valence-corrected chi connectivity index (χ4v) is 3.32. The number of ether oxygens (including phenoxy) is 1. The number of aromatic nitrogens is 1. The van der Waals surface area contributed by atoms with Crippen LogP contribution in [0, 0.1) is 0 Å². The first kappa shape index (κ1) is 21.0. The van der Waals surface area contributed by atoms with E-state index in [2.05, 4.69) is 20.9 Å². The number of rotatable bonds is 7. The van der Waals surface area contributed by atoms with E-state index in [1.165, 1.54) is 6.07 Å². The lowest BCUT2D eigenvalue weighted by Crippen LogP contribution is -2.40. The Morgan fingerprint density at radius 3 is 2.72 bits per heavy atom. The molecule has 0 bridgehead atoms. The van der Waals surface area contributed by atoms with Crippen LogP contribution in [0.3, 0.4) is 0 Å². The van der Waals surface area contributed by atoms with E-state index < -0.39 is 0 Å². The predicted octanol–water partition coefficient (Wildman–Crippen LogP) is 1.70. The summed E-state index contributed by atoms with van der Waals surface area (Å²) in [6.45, 7) is 4.88. The minimum atomic E-state index is -0.317. The highest BCUT2D eigenvalue weighted by Gasteiger charge is 2.19. The highest BCUT2D eigenvalue weighted by atomic mass is 16.5. The molecule has 1 aliphatic heterocycles. The number of benzene rings is 1. The molecule has 1 fully saturated rings. The topological polar surface area (TPSA) is 92.4 Å². The molecule has 1 saturated heterocycles. The van der Waals surface area contributed by atoms with Crippen molar-refractivity contribution < 1.29 is 14.3 Å². The summed E-state index contributed by atoms with van der Waals surface area (Å²) in [6.07, 6.45) is 0.843. The lowest BCUT2D eigenvalue weighted by Gasteiger charge is -2.23. The first-order valence-electron chi connectivity index (χ1n) is 9.98. The van der Waals surface area contributed by atoms with Crippen molar-refractivity contribution in [2.45, 2.75) is 25.4 Å². The van der Waals surface area contributed by atoms with Crippen LogP contribution >= 0.6 is 0 Å². The van der Waals surface area contributed by atoms with Crippen LogP contribution in [0.1, 0.15) is 51.4 Å². The number of carbonyl (C=O) groups excluding carboxylic acids is 2. The standard InChI is InChI=1S/C22H28N4O3/c1-15(16-6-4-3-5-7-16)19-12-17(13-20(26-19)22(28)23-2)21(27)25-9-8-18-14-24-10-11-29-18/h3-7,12-13,15,18,24H,8-11,14H2,1-2H3,(H,23,28)(H,25,27). The van der Waals surface area contributed by atoms with Gasteiger partial charge in [-0.15, -0.1) is 0 Å². The summed E-state index contributed by atoms with van der Waals surface area (Å²) in [5.74, 6) is -0.584. The summed E-state index contributed by atoms with van der Waals surface area (Å²) in [4.78, 5) is 29.4. The zero-order valence-electron chi connectivity index (χ0n) is 16.9. The monoisotopic (exact) mass is 396 g/mol. The molecule has 2 heterocycles. The number of morpholine rings is 1. The molecule has 154 valence electrons. The van der Waals surface area contributed by atoms with Crippen molar-refractivity contribution in [2.75, 3.05) is 33.3 Å². The molecular formula is C22H28N4O3. The predicted molar refractivity (Wildman–Crippen MR) is 111 cm³/mol. The van der Waals surface area contributed by atoms with E-state index in [-0.39, 0.29) is 29.5 Å². The quantitative estimate of drug-likeness (QED) is 0.663. The van der Waals surface area contributed by atoms with E-state index in [1.54, 1.807) is 13.1 Å². The normalized spacial score (nSPS) is 17.4. The van der Waals surface area contributed by atoms with Crippen LogP contribution in [0.15, 0.2) is 42.5 Å². The Balaban J connectivity index is 1.75. The molecule has 0 radical (unpaired) electrons. The fraction of sp³-hybridized carbons (Fsp3) is 0.409. The van der Waals surface area contributed by atoms with Crippen LogP contribution in [0.2, 0.25) is 0 Å². The van der Waals surface area contributed by atoms with Gasteiger partial charge in [0.2, 0.25) is 0 Å². The van der Waals surface area contributed by atoms with Crippen molar-refractivity contribution in [3.8, 4) is 0 Å². The number of pyridine rings is 1. The number of carbonyl (C=O) groups is 2. The number of amides is 2. The maximum atomic E-state index is 12.7. The zero-order chi connectivity index (χ0) is 20.6. The molecule has 0 spiro atoms. The molecule has 2 amide bonds. The van der Waals surface area contributed by atoms with Crippen molar-refractivity contribution in [3.05, 3.63) is 65.0 Å². The Morgan fingerprint density at radius 1 is 1.24 bits per heavy atom. The molecule has 1 aromatic carbocycles. The molecule has 3 N–H and O–H groups in total. The van der Waals surface area contributed by atoms with Gasteiger partial charge in [-0.2, -0.15) is 0 Å². The molecule has 2 unspecified atom stereocenters. The molecule has 1 aromatic heterocycles. The highest BCUT2D eigenvalue weighted by Crippen LogP contribution is 2.23. The Bertz CT molecular complexity index is 835. The molecule has 2 atom stereocenters. The molecule has 1 aliphatic rings. The van der Waals surface area contributed by atoms with E-state index in [0.29, 0.717) is 24.4 Å². The molecule has 7 heteroatoms. The maximum absolute atomic E-state index is 12.7. The van der Waals surface area contributed by atoms with Gasteiger partial charge < -0.3 is 20.7 Å².